The Labute approximate surface area is 175 Å². The lowest BCUT2D eigenvalue weighted by Gasteiger charge is -2.17. The minimum Gasteiger partial charge on any atom is -0.323 e. The molecule has 3 aromatic rings. The smallest absolute Gasteiger partial charge is 0.248 e. The number of anilines is 1. The molecule has 0 unspecified atom stereocenters. The predicted molar refractivity (Wildman–Crippen MR) is 116 cm³/mol. The molecular weight excluding hydrogens is 403 g/mol. The van der Waals surface area contributed by atoms with E-state index in [1.54, 1.807) is 18.2 Å². The van der Waals surface area contributed by atoms with Gasteiger partial charge in [-0.15, -0.1) is 0 Å². The quantitative estimate of drug-likeness (QED) is 0.575. The van der Waals surface area contributed by atoms with Crippen LogP contribution in [0.3, 0.4) is 0 Å². The average molecular weight is 424 g/mol. The minimum atomic E-state index is -3.66. The van der Waals surface area contributed by atoms with Crippen molar-refractivity contribution >= 4 is 27.7 Å². The van der Waals surface area contributed by atoms with E-state index in [1.165, 1.54) is 53.8 Å². The van der Waals surface area contributed by atoms with Gasteiger partial charge in [-0.1, -0.05) is 42.5 Å². The topological polar surface area (TPSA) is 66.5 Å². The first-order chi connectivity index (χ1) is 14.3. The Balaban J connectivity index is 1.63. The molecule has 1 N–H and O–H groups in total. The molecular formula is C23H21FN2O3S. The van der Waals surface area contributed by atoms with Crippen molar-refractivity contribution in [1.82, 2.24) is 4.31 Å². The number of carbonyl (C=O) groups is 1. The number of carbonyl (C=O) groups excluding carboxylic acids is 1. The summed E-state index contributed by atoms with van der Waals surface area (Å²) in [7, 11) is -2.13. The summed E-state index contributed by atoms with van der Waals surface area (Å²) in [6.45, 7) is 0.260. The number of sulfonamides is 1. The number of nitrogens with one attached hydrogen (secondary N) is 1. The van der Waals surface area contributed by atoms with Crippen molar-refractivity contribution in [3.05, 3.63) is 102 Å². The van der Waals surface area contributed by atoms with Gasteiger partial charge in [0, 0.05) is 25.4 Å². The second kappa shape index (κ2) is 9.47. The molecule has 0 radical (unpaired) electrons. The van der Waals surface area contributed by atoms with Gasteiger partial charge >= 0.3 is 0 Å². The fraction of sp³-hybridized carbons (Fsp3) is 0.0870. The first-order valence-corrected chi connectivity index (χ1v) is 10.6. The van der Waals surface area contributed by atoms with E-state index >= 15 is 0 Å². The van der Waals surface area contributed by atoms with E-state index in [2.05, 4.69) is 5.32 Å². The molecule has 0 aliphatic heterocycles. The van der Waals surface area contributed by atoms with Crippen molar-refractivity contribution in [2.45, 2.75) is 11.4 Å². The highest BCUT2D eigenvalue weighted by molar-refractivity contribution is 7.89. The molecule has 0 saturated carbocycles. The third kappa shape index (κ3) is 5.62. The molecule has 0 aliphatic rings. The Morgan fingerprint density at radius 2 is 1.60 bits per heavy atom. The number of nitrogens with zero attached hydrogens (tertiary/aromatic N) is 1. The predicted octanol–water partition coefficient (Wildman–Crippen LogP) is 4.30. The summed E-state index contributed by atoms with van der Waals surface area (Å²) in [6.07, 6.45) is 2.89. The Kier molecular flexibility index (Phi) is 6.76. The number of hydrogen-bond donors (Lipinski definition) is 1. The van der Waals surface area contributed by atoms with Crippen molar-refractivity contribution in [2.24, 2.45) is 0 Å². The summed E-state index contributed by atoms with van der Waals surface area (Å²) >= 11 is 0. The van der Waals surface area contributed by atoms with E-state index in [-0.39, 0.29) is 23.2 Å². The van der Waals surface area contributed by atoms with Crippen molar-refractivity contribution in [2.75, 3.05) is 12.4 Å². The van der Waals surface area contributed by atoms with Gasteiger partial charge in [-0.05, 0) is 53.6 Å². The zero-order valence-electron chi connectivity index (χ0n) is 16.3. The highest BCUT2D eigenvalue weighted by Crippen LogP contribution is 2.19. The van der Waals surface area contributed by atoms with Crippen LogP contribution in [0.15, 0.2) is 89.8 Å². The average Bonchev–Trinajstić information content (AvgIpc) is 2.74. The van der Waals surface area contributed by atoms with Crippen LogP contribution in [0.4, 0.5) is 10.1 Å². The highest BCUT2D eigenvalue weighted by atomic mass is 32.2. The van der Waals surface area contributed by atoms with Crippen LogP contribution in [0.2, 0.25) is 0 Å². The van der Waals surface area contributed by atoms with Gasteiger partial charge in [0.2, 0.25) is 15.9 Å². The van der Waals surface area contributed by atoms with Gasteiger partial charge in [0.15, 0.2) is 0 Å². The molecule has 0 bridgehead atoms. The molecule has 0 aromatic heterocycles. The van der Waals surface area contributed by atoms with E-state index in [1.807, 2.05) is 30.3 Å². The largest absolute Gasteiger partial charge is 0.323 e. The Hall–Kier alpha value is -3.29. The molecule has 0 aliphatic carbocycles. The van der Waals surface area contributed by atoms with Crippen molar-refractivity contribution in [3.63, 3.8) is 0 Å². The van der Waals surface area contributed by atoms with Gasteiger partial charge in [0.1, 0.15) is 5.82 Å². The van der Waals surface area contributed by atoms with Crippen LogP contribution in [-0.4, -0.2) is 25.7 Å². The fourth-order valence-corrected chi connectivity index (χ4v) is 3.90. The Bertz CT molecular complexity index is 1130. The Morgan fingerprint density at radius 1 is 0.967 bits per heavy atom. The van der Waals surface area contributed by atoms with Gasteiger partial charge in [0.05, 0.1) is 4.90 Å². The molecule has 0 fully saturated rings. The number of amides is 1. The van der Waals surface area contributed by atoms with Crippen LogP contribution in [0.25, 0.3) is 6.08 Å². The summed E-state index contributed by atoms with van der Waals surface area (Å²) in [6, 6.07) is 21.0. The molecule has 7 heteroatoms. The van der Waals surface area contributed by atoms with Gasteiger partial charge in [-0.25, -0.2) is 12.8 Å². The summed E-state index contributed by atoms with van der Waals surface area (Å²) in [4.78, 5) is 12.2. The zero-order valence-corrected chi connectivity index (χ0v) is 17.1. The molecule has 0 atom stereocenters. The van der Waals surface area contributed by atoms with Crippen LogP contribution in [0.1, 0.15) is 11.1 Å². The van der Waals surface area contributed by atoms with E-state index in [0.29, 0.717) is 11.3 Å². The van der Waals surface area contributed by atoms with E-state index in [9.17, 15) is 17.6 Å². The van der Waals surface area contributed by atoms with Crippen molar-refractivity contribution in [1.29, 1.82) is 0 Å². The van der Waals surface area contributed by atoms with Gasteiger partial charge in [0.25, 0.3) is 0 Å². The molecule has 5 nitrogen and oxygen atoms in total. The maximum absolute atomic E-state index is 12.9. The van der Waals surface area contributed by atoms with Crippen molar-refractivity contribution < 1.29 is 17.6 Å². The Morgan fingerprint density at radius 3 is 2.23 bits per heavy atom. The van der Waals surface area contributed by atoms with Gasteiger partial charge in [-0.2, -0.15) is 4.31 Å². The summed E-state index contributed by atoms with van der Waals surface area (Å²) in [5.74, 6) is -0.725. The summed E-state index contributed by atoms with van der Waals surface area (Å²) in [5.41, 5.74) is 2.04. The summed E-state index contributed by atoms with van der Waals surface area (Å²) < 4.78 is 39.7. The molecule has 0 saturated heterocycles. The fourth-order valence-electron chi connectivity index (χ4n) is 2.75. The maximum Gasteiger partial charge on any atom is 0.248 e. The molecule has 154 valence electrons. The second-order valence-corrected chi connectivity index (χ2v) is 8.69. The summed E-state index contributed by atoms with van der Waals surface area (Å²) in [5, 5.41) is 2.66. The zero-order chi connectivity index (χ0) is 21.6. The first kappa shape index (κ1) is 21.4. The third-order valence-electron chi connectivity index (χ3n) is 4.38. The molecule has 3 rings (SSSR count). The van der Waals surface area contributed by atoms with Crippen LogP contribution in [0, 0.1) is 5.82 Å². The molecule has 0 spiro atoms. The van der Waals surface area contributed by atoms with Gasteiger partial charge in [-0.3, -0.25) is 4.79 Å². The van der Waals surface area contributed by atoms with Crippen LogP contribution in [-0.2, 0) is 21.4 Å². The number of halogens is 1. The lowest BCUT2D eigenvalue weighted by molar-refractivity contribution is -0.111. The monoisotopic (exact) mass is 424 g/mol. The molecule has 1 amide bonds. The highest BCUT2D eigenvalue weighted by Gasteiger charge is 2.20. The van der Waals surface area contributed by atoms with E-state index in [4.69, 9.17) is 0 Å². The van der Waals surface area contributed by atoms with Crippen molar-refractivity contribution in [3.8, 4) is 0 Å². The third-order valence-corrected chi connectivity index (χ3v) is 6.19. The normalized spacial score (nSPS) is 11.7. The van der Waals surface area contributed by atoms with Gasteiger partial charge < -0.3 is 5.32 Å². The first-order valence-electron chi connectivity index (χ1n) is 9.19. The SMILES string of the molecule is CN(Cc1ccccc1)S(=O)(=O)c1ccc(NC(=O)C=Cc2ccc(F)cc2)cc1. The van der Waals surface area contributed by atoms with Crippen LogP contribution >= 0.6 is 0 Å². The molecule has 0 heterocycles. The van der Waals surface area contributed by atoms with E-state index in [0.717, 1.165) is 5.56 Å². The minimum absolute atomic E-state index is 0.140. The number of hydrogen-bond acceptors (Lipinski definition) is 3. The molecule has 3 aromatic carbocycles. The lowest BCUT2D eigenvalue weighted by Crippen LogP contribution is -2.26. The maximum atomic E-state index is 12.9. The van der Waals surface area contributed by atoms with Crippen LogP contribution < -0.4 is 5.32 Å². The second-order valence-electron chi connectivity index (χ2n) is 6.65. The lowest BCUT2D eigenvalue weighted by atomic mass is 10.2. The number of benzene rings is 3. The molecule has 30 heavy (non-hydrogen) atoms. The standard InChI is InChI=1S/C23H21FN2O3S/c1-26(17-19-5-3-2-4-6-19)30(28,29)22-14-12-21(13-15-22)25-23(27)16-9-18-7-10-20(24)11-8-18/h2-16H,17H2,1H3,(H,25,27). The van der Waals surface area contributed by atoms with Crippen LogP contribution in [0.5, 0.6) is 0 Å². The van der Waals surface area contributed by atoms with E-state index < -0.39 is 10.0 Å². The number of rotatable bonds is 7.